The van der Waals surface area contributed by atoms with E-state index in [-0.39, 0.29) is 5.78 Å². The fourth-order valence-corrected chi connectivity index (χ4v) is 1.57. The van der Waals surface area contributed by atoms with Gasteiger partial charge in [-0.05, 0) is 12.7 Å². The summed E-state index contributed by atoms with van der Waals surface area (Å²) >= 11 is 1.53. The van der Waals surface area contributed by atoms with Crippen LogP contribution in [-0.4, -0.2) is 27.3 Å². The molecular formula is C9H14N2OS. The average Bonchev–Trinajstić information content (AvgIpc) is 2.54. The molecule has 3 nitrogen and oxygen atoms in total. The zero-order chi connectivity index (χ0) is 9.68. The average molecular weight is 198 g/mol. The number of carbonyl (C=O) groups excluding carboxylic acids is 1. The molecule has 0 spiro atoms. The van der Waals surface area contributed by atoms with Crippen LogP contribution in [0.5, 0.6) is 0 Å². The Hall–Kier alpha value is -0.770. The number of hydrogen-bond donors (Lipinski definition) is 0. The lowest BCUT2D eigenvalue weighted by Crippen LogP contribution is -2.11. The fraction of sp³-hybridized carbons (Fsp3) is 0.556. The maximum Gasteiger partial charge on any atom is 0.208 e. The minimum atomic E-state index is 0.117. The van der Waals surface area contributed by atoms with Gasteiger partial charge >= 0.3 is 0 Å². The fourth-order valence-electron chi connectivity index (χ4n) is 1.18. The van der Waals surface area contributed by atoms with E-state index in [4.69, 9.17) is 0 Å². The minimum Gasteiger partial charge on any atom is -0.329 e. The van der Waals surface area contributed by atoms with Crippen molar-refractivity contribution in [2.24, 2.45) is 0 Å². The van der Waals surface area contributed by atoms with E-state index in [2.05, 4.69) is 11.9 Å². The molecule has 1 aromatic heterocycles. The quantitative estimate of drug-likeness (QED) is 0.677. The second-order valence-corrected chi connectivity index (χ2v) is 3.67. The molecule has 0 atom stereocenters. The highest BCUT2D eigenvalue weighted by Crippen LogP contribution is 2.04. The Bertz CT molecular complexity index is 283. The van der Waals surface area contributed by atoms with E-state index in [1.165, 1.54) is 11.8 Å². The summed E-state index contributed by atoms with van der Waals surface area (Å²) in [5.41, 5.74) is 0. The van der Waals surface area contributed by atoms with Gasteiger partial charge in [0.15, 0.2) is 5.82 Å². The Balaban J connectivity index is 2.74. The maximum absolute atomic E-state index is 11.5. The number of Topliss-reactive ketones (excluding diaryl/α,β-unsaturated/α-hetero) is 1. The molecule has 0 saturated heterocycles. The maximum atomic E-state index is 11.5. The molecule has 0 bridgehead atoms. The van der Waals surface area contributed by atoms with Gasteiger partial charge in [0.2, 0.25) is 5.78 Å². The first-order valence-corrected chi connectivity index (χ1v) is 5.72. The van der Waals surface area contributed by atoms with Gasteiger partial charge in [0.05, 0.1) is 5.75 Å². The number of ketones is 1. The third kappa shape index (κ3) is 2.59. The van der Waals surface area contributed by atoms with Crippen molar-refractivity contribution in [1.82, 2.24) is 9.55 Å². The van der Waals surface area contributed by atoms with Crippen molar-refractivity contribution < 1.29 is 4.79 Å². The summed E-state index contributed by atoms with van der Waals surface area (Å²) < 4.78 is 1.92. The molecule has 72 valence electrons. The van der Waals surface area contributed by atoms with Crippen molar-refractivity contribution >= 4 is 17.5 Å². The van der Waals surface area contributed by atoms with Crippen LogP contribution in [0.15, 0.2) is 12.4 Å². The number of hydrogen-bond acceptors (Lipinski definition) is 3. The topological polar surface area (TPSA) is 34.9 Å². The van der Waals surface area contributed by atoms with Gasteiger partial charge in [-0.3, -0.25) is 4.79 Å². The summed E-state index contributed by atoms with van der Waals surface area (Å²) in [6.45, 7) is 2.96. The largest absolute Gasteiger partial charge is 0.329 e. The number of rotatable bonds is 5. The first-order valence-electron chi connectivity index (χ1n) is 4.32. The van der Waals surface area contributed by atoms with Gasteiger partial charge in [0.25, 0.3) is 0 Å². The molecule has 0 aliphatic rings. The lowest BCUT2D eigenvalue weighted by molar-refractivity contribution is 0.100. The highest BCUT2D eigenvalue weighted by atomic mass is 32.2. The Morgan fingerprint density at radius 3 is 3.08 bits per heavy atom. The van der Waals surface area contributed by atoms with E-state index in [1.54, 1.807) is 6.20 Å². The molecule has 1 aromatic rings. The van der Waals surface area contributed by atoms with Crippen LogP contribution in [0.25, 0.3) is 0 Å². The smallest absolute Gasteiger partial charge is 0.208 e. The molecule has 0 unspecified atom stereocenters. The summed E-state index contributed by atoms with van der Waals surface area (Å²) in [7, 11) is 0. The van der Waals surface area contributed by atoms with E-state index in [1.807, 2.05) is 17.0 Å². The van der Waals surface area contributed by atoms with Crippen molar-refractivity contribution in [2.75, 3.05) is 12.0 Å². The summed E-state index contributed by atoms with van der Waals surface area (Å²) in [5.74, 6) is 1.22. The van der Waals surface area contributed by atoms with Crippen LogP contribution in [0.1, 0.15) is 24.0 Å². The first-order chi connectivity index (χ1) is 6.29. The van der Waals surface area contributed by atoms with Gasteiger partial charge in [-0.15, -0.1) is 0 Å². The van der Waals surface area contributed by atoms with Crippen LogP contribution in [0, 0.1) is 0 Å². The predicted molar refractivity (Wildman–Crippen MR) is 55.2 cm³/mol. The SMILES string of the molecule is CCCn1ccnc1C(=O)CSC. The third-order valence-electron chi connectivity index (χ3n) is 1.70. The summed E-state index contributed by atoms with van der Waals surface area (Å²) in [5, 5.41) is 0. The lowest BCUT2D eigenvalue weighted by Gasteiger charge is -2.03. The molecule has 4 heteroatoms. The number of aromatic nitrogens is 2. The third-order valence-corrected chi connectivity index (χ3v) is 2.26. The summed E-state index contributed by atoms with van der Waals surface area (Å²) in [6.07, 6.45) is 6.49. The number of nitrogens with zero attached hydrogens (tertiary/aromatic N) is 2. The van der Waals surface area contributed by atoms with Gasteiger partial charge in [0, 0.05) is 18.9 Å². The van der Waals surface area contributed by atoms with E-state index in [9.17, 15) is 4.79 Å². The Morgan fingerprint density at radius 1 is 1.69 bits per heavy atom. The molecule has 0 aliphatic carbocycles. The van der Waals surface area contributed by atoms with Crippen molar-refractivity contribution in [3.8, 4) is 0 Å². The van der Waals surface area contributed by atoms with Crippen LogP contribution in [0.2, 0.25) is 0 Å². The van der Waals surface area contributed by atoms with E-state index in [0.29, 0.717) is 11.6 Å². The van der Waals surface area contributed by atoms with Crippen LogP contribution in [-0.2, 0) is 6.54 Å². The van der Waals surface area contributed by atoms with Gasteiger partial charge in [-0.25, -0.2) is 4.98 Å². The summed E-state index contributed by atoms with van der Waals surface area (Å²) in [6, 6.07) is 0. The second kappa shape index (κ2) is 5.07. The molecule has 0 N–H and O–H groups in total. The van der Waals surface area contributed by atoms with Crippen molar-refractivity contribution in [2.45, 2.75) is 19.9 Å². The highest BCUT2D eigenvalue weighted by molar-refractivity contribution is 7.99. The molecular weight excluding hydrogens is 184 g/mol. The molecule has 1 heterocycles. The van der Waals surface area contributed by atoms with Crippen LogP contribution < -0.4 is 0 Å². The van der Waals surface area contributed by atoms with Crippen LogP contribution in [0.3, 0.4) is 0 Å². The first kappa shape index (κ1) is 10.3. The van der Waals surface area contributed by atoms with Gasteiger partial charge < -0.3 is 4.57 Å². The summed E-state index contributed by atoms with van der Waals surface area (Å²) in [4.78, 5) is 15.6. The van der Waals surface area contributed by atoms with E-state index < -0.39 is 0 Å². The van der Waals surface area contributed by atoms with E-state index in [0.717, 1.165) is 13.0 Å². The Morgan fingerprint density at radius 2 is 2.46 bits per heavy atom. The molecule has 0 amide bonds. The van der Waals surface area contributed by atoms with Gasteiger partial charge in [-0.1, -0.05) is 6.92 Å². The zero-order valence-corrected chi connectivity index (χ0v) is 8.80. The zero-order valence-electron chi connectivity index (χ0n) is 7.99. The monoisotopic (exact) mass is 198 g/mol. The lowest BCUT2D eigenvalue weighted by atomic mass is 10.4. The number of carbonyl (C=O) groups is 1. The number of thioether (sulfide) groups is 1. The van der Waals surface area contributed by atoms with Gasteiger partial charge in [-0.2, -0.15) is 11.8 Å². The van der Waals surface area contributed by atoms with Crippen LogP contribution in [0.4, 0.5) is 0 Å². The standard InChI is InChI=1S/C9H14N2OS/c1-3-5-11-6-4-10-9(11)8(12)7-13-2/h4,6H,3,5,7H2,1-2H3. The minimum absolute atomic E-state index is 0.117. The molecule has 13 heavy (non-hydrogen) atoms. The molecule has 0 radical (unpaired) electrons. The van der Waals surface area contributed by atoms with E-state index >= 15 is 0 Å². The highest BCUT2D eigenvalue weighted by Gasteiger charge is 2.10. The number of aryl methyl sites for hydroxylation is 1. The molecule has 0 aromatic carbocycles. The van der Waals surface area contributed by atoms with Crippen molar-refractivity contribution in [3.05, 3.63) is 18.2 Å². The number of imidazole rings is 1. The van der Waals surface area contributed by atoms with Crippen molar-refractivity contribution in [3.63, 3.8) is 0 Å². The Labute approximate surface area is 82.5 Å². The molecule has 0 aliphatic heterocycles. The predicted octanol–water partition coefficient (Wildman–Crippen LogP) is 1.84. The molecule has 0 fully saturated rings. The van der Waals surface area contributed by atoms with Crippen molar-refractivity contribution in [1.29, 1.82) is 0 Å². The Kier molecular flexibility index (Phi) is 4.02. The van der Waals surface area contributed by atoms with Gasteiger partial charge in [0.1, 0.15) is 0 Å². The second-order valence-electron chi connectivity index (χ2n) is 2.80. The molecule has 1 rings (SSSR count). The normalized spacial score (nSPS) is 10.3. The molecule has 0 saturated carbocycles. The van der Waals surface area contributed by atoms with Crippen LogP contribution >= 0.6 is 11.8 Å².